The zero-order valence-corrected chi connectivity index (χ0v) is 9.44. The van der Waals surface area contributed by atoms with Crippen molar-refractivity contribution in [3.05, 3.63) is 29.8 Å². The van der Waals surface area contributed by atoms with Crippen LogP contribution < -0.4 is 4.90 Å². The largest absolute Gasteiger partial charge is 0.416 e. The SMILES string of the molecule is N#CC1CN(c2ccc(C(F)(F)F)cc2)CCO1. The molecule has 96 valence electrons. The molecule has 0 bridgehead atoms. The van der Waals surface area contributed by atoms with E-state index in [1.807, 2.05) is 11.0 Å². The number of nitrogens with zero attached hydrogens (tertiary/aromatic N) is 2. The van der Waals surface area contributed by atoms with Crippen molar-refractivity contribution in [1.82, 2.24) is 0 Å². The summed E-state index contributed by atoms with van der Waals surface area (Å²) in [5, 5.41) is 8.76. The fourth-order valence-corrected chi connectivity index (χ4v) is 1.82. The predicted molar refractivity (Wildman–Crippen MR) is 59.0 cm³/mol. The molecule has 1 atom stereocenters. The molecule has 0 radical (unpaired) electrons. The van der Waals surface area contributed by atoms with Crippen LogP contribution in [-0.2, 0) is 10.9 Å². The first-order valence-corrected chi connectivity index (χ1v) is 5.44. The quantitative estimate of drug-likeness (QED) is 0.774. The highest BCUT2D eigenvalue weighted by atomic mass is 19.4. The summed E-state index contributed by atoms with van der Waals surface area (Å²) >= 11 is 0. The Kier molecular flexibility index (Phi) is 3.43. The van der Waals surface area contributed by atoms with Crippen LogP contribution in [0, 0.1) is 11.3 Å². The lowest BCUT2D eigenvalue weighted by Crippen LogP contribution is -2.41. The van der Waals surface area contributed by atoms with Crippen LogP contribution in [0.1, 0.15) is 5.56 Å². The van der Waals surface area contributed by atoms with Gasteiger partial charge in [0.25, 0.3) is 0 Å². The predicted octanol–water partition coefficient (Wildman–Crippen LogP) is 2.43. The Balaban J connectivity index is 2.12. The lowest BCUT2D eigenvalue weighted by Gasteiger charge is -2.31. The monoisotopic (exact) mass is 256 g/mol. The van der Waals surface area contributed by atoms with Gasteiger partial charge >= 0.3 is 6.18 Å². The Morgan fingerprint density at radius 2 is 1.94 bits per heavy atom. The number of hydrogen-bond donors (Lipinski definition) is 0. The van der Waals surface area contributed by atoms with Crippen molar-refractivity contribution in [1.29, 1.82) is 5.26 Å². The van der Waals surface area contributed by atoms with Gasteiger partial charge in [0.2, 0.25) is 0 Å². The minimum atomic E-state index is -4.32. The van der Waals surface area contributed by atoms with Crippen molar-refractivity contribution in [2.75, 3.05) is 24.6 Å². The van der Waals surface area contributed by atoms with E-state index in [4.69, 9.17) is 10.00 Å². The van der Waals surface area contributed by atoms with Crippen molar-refractivity contribution >= 4 is 5.69 Å². The zero-order chi connectivity index (χ0) is 13.2. The zero-order valence-electron chi connectivity index (χ0n) is 9.44. The van der Waals surface area contributed by atoms with Gasteiger partial charge in [-0.2, -0.15) is 18.4 Å². The number of alkyl halides is 3. The molecule has 1 aromatic rings. The molecular formula is C12H11F3N2O. The van der Waals surface area contributed by atoms with Crippen LogP contribution in [0.2, 0.25) is 0 Å². The van der Waals surface area contributed by atoms with Gasteiger partial charge in [-0.15, -0.1) is 0 Å². The highest BCUT2D eigenvalue weighted by Crippen LogP contribution is 2.30. The van der Waals surface area contributed by atoms with Crippen molar-refractivity contribution < 1.29 is 17.9 Å². The smallest absolute Gasteiger partial charge is 0.366 e. The summed E-state index contributed by atoms with van der Waals surface area (Å²) in [5.74, 6) is 0. The van der Waals surface area contributed by atoms with Gasteiger partial charge in [-0.25, -0.2) is 0 Å². The molecule has 0 spiro atoms. The summed E-state index contributed by atoms with van der Waals surface area (Å²) in [4.78, 5) is 1.84. The second-order valence-corrected chi connectivity index (χ2v) is 3.98. The Morgan fingerprint density at radius 1 is 1.28 bits per heavy atom. The van der Waals surface area contributed by atoms with Crippen molar-refractivity contribution in [2.24, 2.45) is 0 Å². The van der Waals surface area contributed by atoms with E-state index in [-0.39, 0.29) is 0 Å². The molecule has 6 heteroatoms. The minimum Gasteiger partial charge on any atom is -0.366 e. The molecule has 2 rings (SSSR count). The summed E-state index contributed by atoms with van der Waals surface area (Å²) in [6.07, 6.45) is -4.85. The summed E-state index contributed by atoms with van der Waals surface area (Å²) < 4.78 is 42.4. The third kappa shape index (κ3) is 2.74. The second kappa shape index (κ2) is 4.86. The Morgan fingerprint density at radius 3 is 2.50 bits per heavy atom. The molecule has 1 aromatic carbocycles. The molecule has 0 N–H and O–H groups in total. The van der Waals surface area contributed by atoms with E-state index >= 15 is 0 Å². The standard InChI is InChI=1S/C12H11F3N2O/c13-12(14,15)9-1-3-10(4-2-9)17-5-6-18-11(7-16)8-17/h1-4,11H,5-6,8H2. The van der Waals surface area contributed by atoms with E-state index in [1.54, 1.807) is 0 Å². The van der Waals surface area contributed by atoms with Gasteiger partial charge in [0, 0.05) is 12.2 Å². The molecule has 1 saturated heterocycles. The Bertz CT molecular complexity index is 450. The number of nitriles is 1. The van der Waals surface area contributed by atoms with Crippen LogP contribution >= 0.6 is 0 Å². The molecular weight excluding hydrogens is 245 g/mol. The summed E-state index contributed by atoms with van der Waals surface area (Å²) in [5.41, 5.74) is 0.00268. The average molecular weight is 256 g/mol. The first-order valence-electron chi connectivity index (χ1n) is 5.44. The number of morpholine rings is 1. The van der Waals surface area contributed by atoms with Crippen LogP contribution in [0.25, 0.3) is 0 Å². The molecule has 0 saturated carbocycles. The first kappa shape index (κ1) is 12.7. The van der Waals surface area contributed by atoms with Crippen LogP contribution in [0.3, 0.4) is 0 Å². The van der Waals surface area contributed by atoms with E-state index in [2.05, 4.69) is 0 Å². The third-order valence-electron chi connectivity index (χ3n) is 2.77. The van der Waals surface area contributed by atoms with Crippen LogP contribution in [0.4, 0.5) is 18.9 Å². The van der Waals surface area contributed by atoms with Crippen LogP contribution in [0.15, 0.2) is 24.3 Å². The topological polar surface area (TPSA) is 36.3 Å². The molecule has 0 aliphatic carbocycles. The van der Waals surface area contributed by atoms with E-state index in [9.17, 15) is 13.2 Å². The number of hydrogen-bond acceptors (Lipinski definition) is 3. The number of anilines is 1. The van der Waals surface area contributed by atoms with Crippen molar-refractivity contribution in [3.63, 3.8) is 0 Å². The maximum atomic E-state index is 12.4. The lowest BCUT2D eigenvalue weighted by atomic mass is 10.1. The van der Waals surface area contributed by atoms with Crippen molar-refractivity contribution in [2.45, 2.75) is 12.3 Å². The summed E-state index contributed by atoms with van der Waals surface area (Å²) in [6.45, 7) is 1.35. The highest BCUT2D eigenvalue weighted by Gasteiger charge is 2.30. The normalized spacial score (nSPS) is 20.6. The number of benzene rings is 1. The minimum absolute atomic E-state index is 0.377. The molecule has 1 fully saturated rings. The molecule has 1 unspecified atom stereocenters. The maximum absolute atomic E-state index is 12.4. The average Bonchev–Trinajstić information content (AvgIpc) is 2.38. The molecule has 0 aromatic heterocycles. The van der Waals surface area contributed by atoms with E-state index in [0.29, 0.717) is 25.4 Å². The molecule has 3 nitrogen and oxygen atoms in total. The fourth-order valence-electron chi connectivity index (χ4n) is 1.82. The third-order valence-corrected chi connectivity index (χ3v) is 2.77. The number of rotatable bonds is 1. The van der Waals surface area contributed by atoms with Gasteiger partial charge in [-0.3, -0.25) is 0 Å². The lowest BCUT2D eigenvalue weighted by molar-refractivity contribution is -0.137. The van der Waals surface area contributed by atoms with Crippen LogP contribution in [-0.4, -0.2) is 25.8 Å². The summed E-state index contributed by atoms with van der Waals surface area (Å²) in [7, 11) is 0. The second-order valence-electron chi connectivity index (χ2n) is 3.98. The summed E-state index contributed by atoms with van der Waals surface area (Å²) in [6, 6.07) is 6.93. The Hall–Kier alpha value is -1.74. The van der Waals surface area contributed by atoms with Crippen molar-refractivity contribution in [3.8, 4) is 6.07 Å². The van der Waals surface area contributed by atoms with Gasteiger partial charge in [-0.1, -0.05) is 0 Å². The van der Waals surface area contributed by atoms with Gasteiger partial charge < -0.3 is 9.64 Å². The Labute approximate surface area is 102 Å². The van der Waals surface area contributed by atoms with Gasteiger partial charge in [0.1, 0.15) is 0 Å². The highest BCUT2D eigenvalue weighted by molar-refractivity contribution is 5.48. The fraction of sp³-hybridized carbons (Fsp3) is 0.417. The van der Waals surface area contributed by atoms with E-state index < -0.39 is 17.8 Å². The van der Waals surface area contributed by atoms with Gasteiger partial charge in [-0.05, 0) is 24.3 Å². The molecule has 18 heavy (non-hydrogen) atoms. The van der Waals surface area contributed by atoms with Crippen LogP contribution in [0.5, 0.6) is 0 Å². The molecule has 1 aliphatic rings. The molecule has 1 aliphatic heterocycles. The van der Waals surface area contributed by atoms with E-state index in [1.165, 1.54) is 12.1 Å². The van der Waals surface area contributed by atoms with E-state index in [0.717, 1.165) is 12.1 Å². The van der Waals surface area contributed by atoms with Gasteiger partial charge in [0.15, 0.2) is 6.10 Å². The number of halogens is 3. The molecule has 0 amide bonds. The van der Waals surface area contributed by atoms with Gasteiger partial charge in [0.05, 0.1) is 24.8 Å². The number of ether oxygens (including phenoxy) is 1. The maximum Gasteiger partial charge on any atom is 0.416 e. The molecule has 1 heterocycles. The first-order chi connectivity index (χ1) is 8.50.